The maximum absolute atomic E-state index is 12.8. The number of carbonyl (C=O) groups excluding carboxylic acids is 1. The summed E-state index contributed by atoms with van der Waals surface area (Å²) in [5.41, 5.74) is 1.49. The molecule has 1 amide bonds. The van der Waals surface area contributed by atoms with Gasteiger partial charge in [0.1, 0.15) is 11.5 Å². The number of piperazine rings is 1. The number of hydrogen-bond donors (Lipinski definition) is 1. The second-order valence-corrected chi connectivity index (χ2v) is 9.35. The molecular formula is C22H29N3O5S. The van der Waals surface area contributed by atoms with Gasteiger partial charge < -0.3 is 14.8 Å². The van der Waals surface area contributed by atoms with Gasteiger partial charge in [0.25, 0.3) is 5.91 Å². The van der Waals surface area contributed by atoms with Gasteiger partial charge in [0.2, 0.25) is 10.0 Å². The van der Waals surface area contributed by atoms with Crippen molar-refractivity contribution in [2.24, 2.45) is 0 Å². The number of aryl methyl sites for hydroxylation is 1. The predicted molar refractivity (Wildman–Crippen MR) is 118 cm³/mol. The highest BCUT2D eigenvalue weighted by atomic mass is 32.2. The Labute approximate surface area is 183 Å². The Morgan fingerprint density at radius 2 is 1.55 bits per heavy atom. The van der Waals surface area contributed by atoms with E-state index in [0.717, 1.165) is 5.56 Å². The van der Waals surface area contributed by atoms with E-state index in [1.807, 2.05) is 19.1 Å². The Kier molecular flexibility index (Phi) is 7.53. The summed E-state index contributed by atoms with van der Waals surface area (Å²) in [5.74, 6) is 0.892. The molecule has 8 nitrogen and oxygen atoms in total. The molecule has 0 saturated carbocycles. The van der Waals surface area contributed by atoms with Gasteiger partial charge in [-0.15, -0.1) is 0 Å². The van der Waals surface area contributed by atoms with Crippen LogP contribution in [0.1, 0.15) is 15.9 Å². The highest BCUT2D eigenvalue weighted by Crippen LogP contribution is 2.22. The SMILES string of the molecule is COc1cc(OC)cc(C(=O)NCCN2CCN(S(=O)(=O)c3ccc(C)cc3)CC2)c1. The first-order chi connectivity index (χ1) is 14.8. The molecule has 1 N–H and O–H groups in total. The molecule has 168 valence electrons. The molecule has 1 saturated heterocycles. The van der Waals surface area contributed by atoms with Crippen LogP contribution in [0.2, 0.25) is 0 Å². The zero-order valence-corrected chi connectivity index (χ0v) is 18.9. The monoisotopic (exact) mass is 447 g/mol. The van der Waals surface area contributed by atoms with Crippen molar-refractivity contribution < 1.29 is 22.7 Å². The number of carbonyl (C=O) groups is 1. The normalized spacial score (nSPS) is 15.5. The third-order valence-corrected chi connectivity index (χ3v) is 7.23. The third kappa shape index (κ3) is 5.75. The van der Waals surface area contributed by atoms with Crippen LogP contribution < -0.4 is 14.8 Å². The minimum Gasteiger partial charge on any atom is -0.497 e. The van der Waals surface area contributed by atoms with Crippen LogP contribution in [-0.4, -0.2) is 77.0 Å². The number of nitrogens with zero attached hydrogens (tertiary/aromatic N) is 2. The molecule has 1 aliphatic rings. The van der Waals surface area contributed by atoms with Crippen molar-refractivity contribution in [3.8, 4) is 11.5 Å². The zero-order valence-electron chi connectivity index (χ0n) is 18.1. The third-order valence-electron chi connectivity index (χ3n) is 5.32. The lowest BCUT2D eigenvalue weighted by molar-refractivity contribution is 0.0944. The van der Waals surface area contributed by atoms with Gasteiger partial charge in [-0.05, 0) is 31.2 Å². The molecule has 0 spiro atoms. The van der Waals surface area contributed by atoms with Crippen LogP contribution in [0.15, 0.2) is 47.4 Å². The molecular weight excluding hydrogens is 418 g/mol. The molecule has 0 radical (unpaired) electrons. The molecule has 0 atom stereocenters. The molecule has 0 bridgehead atoms. The lowest BCUT2D eigenvalue weighted by Crippen LogP contribution is -2.50. The second kappa shape index (κ2) is 10.1. The largest absolute Gasteiger partial charge is 0.497 e. The van der Waals surface area contributed by atoms with Crippen molar-refractivity contribution in [2.45, 2.75) is 11.8 Å². The van der Waals surface area contributed by atoms with Crippen LogP contribution in [-0.2, 0) is 10.0 Å². The first-order valence-electron chi connectivity index (χ1n) is 10.1. The summed E-state index contributed by atoms with van der Waals surface area (Å²) < 4.78 is 37.5. The Hall–Kier alpha value is -2.62. The van der Waals surface area contributed by atoms with Crippen LogP contribution in [0.25, 0.3) is 0 Å². The summed E-state index contributed by atoms with van der Waals surface area (Å²) >= 11 is 0. The number of amides is 1. The molecule has 31 heavy (non-hydrogen) atoms. The van der Waals surface area contributed by atoms with Crippen LogP contribution in [0.3, 0.4) is 0 Å². The molecule has 0 aromatic heterocycles. The summed E-state index contributed by atoms with van der Waals surface area (Å²) in [7, 11) is -0.399. The van der Waals surface area contributed by atoms with E-state index in [-0.39, 0.29) is 5.91 Å². The predicted octanol–water partition coefficient (Wildman–Crippen LogP) is 1.75. The smallest absolute Gasteiger partial charge is 0.251 e. The number of methoxy groups -OCH3 is 2. The highest BCUT2D eigenvalue weighted by Gasteiger charge is 2.28. The van der Waals surface area contributed by atoms with Gasteiger partial charge in [0.05, 0.1) is 19.1 Å². The Balaban J connectivity index is 1.48. The van der Waals surface area contributed by atoms with E-state index in [0.29, 0.717) is 61.2 Å². The van der Waals surface area contributed by atoms with Gasteiger partial charge in [-0.2, -0.15) is 4.31 Å². The van der Waals surface area contributed by atoms with E-state index in [9.17, 15) is 13.2 Å². The maximum atomic E-state index is 12.8. The van der Waals surface area contributed by atoms with Crippen molar-refractivity contribution in [1.82, 2.24) is 14.5 Å². The summed E-state index contributed by atoms with van der Waals surface area (Å²) in [6.45, 7) is 5.13. The summed E-state index contributed by atoms with van der Waals surface area (Å²) in [6.07, 6.45) is 0. The topological polar surface area (TPSA) is 88.2 Å². The Morgan fingerprint density at radius 3 is 2.10 bits per heavy atom. The molecule has 1 fully saturated rings. The summed E-state index contributed by atoms with van der Waals surface area (Å²) in [4.78, 5) is 14.9. The molecule has 2 aromatic carbocycles. The molecule has 1 aliphatic heterocycles. The first-order valence-corrected chi connectivity index (χ1v) is 11.6. The summed E-state index contributed by atoms with van der Waals surface area (Å²) in [5, 5.41) is 2.90. The lowest BCUT2D eigenvalue weighted by atomic mass is 10.2. The fraction of sp³-hybridized carbons (Fsp3) is 0.409. The number of ether oxygens (including phenoxy) is 2. The lowest BCUT2D eigenvalue weighted by Gasteiger charge is -2.34. The number of rotatable bonds is 8. The summed E-state index contributed by atoms with van der Waals surface area (Å²) in [6, 6.07) is 12.0. The molecule has 0 aliphatic carbocycles. The number of benzene rings is 2. The fourth-order valence-corrected chi connectivity index (χ4v) is 4.84. The van der Waals surface area contributed by atoms with E-state index >= 15 is 0 Å². The van der Waals surface area contributed by atoms with Gasteiger partial charge in [-0.1, -0.05) is 17.7 Å². The van der Waals surface area contributed by atoms with Crippen molar-refractivity contribution in [2.75, 3.05) is 53.5 Å². The van der Waals surface area contributed by atoms with Gasteiger partial charge in [-0.25, -0.2) is 8.42 Å². The van der Waals surface area contributed by atoms with Crippen LogP contribution in [0, 0.1) is 6.92 Å². The van der Waals surface area contributed by atoms with Gasteiger partial charge in [0.15, 0.2) is 0 Å². The standard InChI is InChI=1S/C22H29N3O5S/c1-17-4-6-21(7-5-17)31(27,28)25-12-10-24(11-13-25)9-8-23-22(26)18-14-19(29-2)16-20(15-18)30-3/h4-7,14-16H,8-13H2,1-3H3,(H,23,26). The zero-order chi connectivity index (χ0) is 22.4. The Morgan fingerprint density at radius 1 is 0.968 bits per heavy atom. The van der Waals surface area contributed by atoms with Crippen molar-refractivity contribution in [3.63, 3.8) is 0 Å². The van der Waals surface area contributed by atoms with Gasteiger partial charge in [0, 0.05) is 50.9 Å². The Bertz CT molecular complexity index is 978. The van der Waals surface area contributed by atoms with Crippen LogP contribution in [0.5, 0.6) is 11.5 Å². The second-order valence-electron chi connectivity index (χ2n) is 7.42. The average molecular weight is 448 g/mol. The molecule has 3 rings (SSSR count). The number of hydrogen-bond acceptors (Lipinski definition) is 6. The van der Waals surface area contributed by atoms with Crippen LogP contribution >= 0.6 is 0 Å². The molecule has 0 unspecified atom stereocenters. The molecule has 2 aromatic rings. The van der Waals surface area contributed by atoms with Gasteiger partial charge >= 0.3 is 0 Å². The number of nitrogens with one attached hydrogen (secondary N) is 1. The molecule has 9 heteroatoms. The van der Waals surface area contributed by atoms with Gasteiger partial charge in [-0.3, -0.25) is 9.69 Å². The number of sulfonamides is 1. The quantitative estimate of drug-likeness (QED) is 0.663. The van der Waals surface area contributed by atoms with Crippen molar-refractivity contribution in [3.05, 3.63) is 53.6 Å². The minimum absolute atomic E-state index is 0.210. The highest BCUT2D eigenvalue weighted by molar-refractivity contribution is 7.89. The molecule has 1 heterocycles. The van der Waals surface area contributed by atoms with E-state index < -0.39 is 10.0 Å². The van der Waals surface area contributed by atoms with Crippen molar-refractivity contribution >= 4 is 15.9 Å². The van der Waals surface area contributed by atoms with E-state index in [4.69, 9.17) is 9.47 Å². The van der Waals surface area contributed by atoms with Crippen LogP contribution in [0.4, 0.5) is 0 Å². The fourth-order valence-electron chi connectivity index (χ4n) is 3.42. The first kappa shape index (κ1) is 23.1. The van der Waals surface area contributed by atoms with E-state index in [1.54, 1.807) is 30.3 Å². The van der Waals surface area contributed by atoms with E-state index in [2.05, 4.69) is 10.2 Å². The minimum atomic E-state index is -3.47. The van der Waals surface area contributed by atoms with Crippen molar-refractivity contribution in [1.29, 1.82) is 0 Å². The maximum Gasteiger partial charge on any atom is 0.251 e. The van der Waals surface area contributed by atoms with E-state index in [1.165, 1.54) is 18.5 Å². The average Bonchev–Trinajstić information content (AvgIpc) is 2.79.